The average molecular weight is 1300 g/mol. The van der Waals surface area contributed by atoms with Crippen molar-refractivity contribution in [1.29, 1.82) is 0 Å². The lowest BCUT2D eigenvalue weighted by Gasteiger charge is -2.51. The molecule has 0 aliphatic carbocycles. The van der Waals surface area contributed by atoms with E-state index in [-0.39, 0.29) is 18.3 Å². The van der Waals surface area contributed by atoms with Crippen LogP contribution in [0.1, 0.15) is 458 Å². The Kier molecular flexibility index (Phi) is 61.6. The molecule has 0 aromatic carbocycles. The van der Waals surface area contributed by atoms with Crippen molar-refractivity contribution in [2.24, 2.45) is 0 Å². The van der Waals surface area contributed by atoms with Crippen LogP contribution in [-0.2, 0) is 28.4 Å². The minimum Gasteiger partial charge on any atom is -0.375 e. The molecule has 0 aromatic heterocycles. The van der Waals surface area contributed by atoms with E-state index in [2.05, 4.69) is 129 Å². The van der Waals surface area contributed by atoms with E-state index >= 15 is 0 Å². The van der Waals surface area contributed by atoms with Crippen LogP contribution in [0.2, 0.25) is 0 Å². The second kappa shape index (κ2) is 62.2. The second-order valence-electron chi connectivity index (χ2n) is 31.4. The minimum absolute atomic E-state index is 0.111. The number of hydrogen-bond acceptors (Lipinski definition) is 6. The molecule has 0 saturated carbocycles. The summed E-state index contributed by atoms with van der Waals surface area (Å²) in [6.45, 7) is 38.8. The van der Waals surface area contributed by atoms with Gasteiger partial charge in [-0.25, -0.2) is 0 Å². The topological polar surface area (TPSA) is 55.4 Å². The van der Waals surface area contributed by atoms with E-state index in [1.54, 1.807) is 0 Å². The molecule has 0 N–H and O–H groups in total. The van der Waals surface area contributed by atoms with E-state index in [9.17, 15) is 0 Å². The van der Waals surface area contributed by atoms with Gasteiger partial charge in [-0.05, 0) is 167 Å². The Labute approximate surface area is 578 Å². The lowest BCUT2D eigenvalue weighted by Crippen LogP contribution is -2.60. The molecule has 0 heterocycles. The summed E-state index contributed by atoms with van der Waals surface area (Å²) in [4.78, 5) is 0. The first-order chi connectivity index (χ1) is 44.3. The maximum atomic E-state index is 8.05. The van der Waals surface area contributed by atoms with E-state index < -0.39 is 22.8 Å². The largest absolute Gasteiger partial charge is 0.375 e. The van der Waals surface area contributed by atoms with Crippen LogP contribution in [-0.4, -0.2) is 60.9 Å². The first-order valence-corrected chi connectivity index (χ1v) is 41.2. The Balaban J connectivity index is 7.61. The van der Waals surface area contributed by atoms with Gasteiger partial charge in [0.15, 0.2) is 0 Å². The Bertz CT molecular complexity index is 1470. The number of unbranched alkanes of at least 4 members (excludes halogenated alkanes) is 43. The maximum Gasteiger partial charge on any atom is 0.284 e. The zero-order valence-electron chi connectivity index (χ0n) is 65.7. The SMILES string of the molecule is CCCCCCCCCCC(OC(C)(C)C(CCCCCCCC)OCCCCCCCCCC=C(C)C)(OC(C)(C)C(CCCCCCCC)OCCCCCCCCCC=C(C)C)OC(C)(C)C(CCCCCCCC)OCCCCCCCCCC=C(C)C. The maximum absolute atomic E-state index is 8.05. The molecule has 3 unspecified atom stereocenters. The molecule has 6 heteroatoms. The quantitative estimate of drug-likeness (QED) is 0.0344. The highest BCUT2D eigenvalue weighted by molar-refractivity contribution is 4.95. The van der Waals surface area contributed by atoms with Gasteiger partial charge in [-0.2, -0.15) is 0 Å². The molecule has 0 aliphatic heterocycles. The Hall–Kier alpha value is -1.02. The lowest BCUT2D eigenvalue weighted by molar-refractivity contribution is -0.471. The van der Waals surface area contributed by atoms with Crippen molar-refractivity contribution >= 4 is 0 Å². The number of ether oxygens (including phenoxy) is 6. The molecular formula is C86H168O6. The van der Waals surface area contributed by atoms with Crippen LogP contribution in [0.3, 0.4) is 0 Å². The summed E-state index contributed by atoms with van der Waals surface area (Å²) in [5.41, 5.74) is 2.17. The van der Waals surface area contributed by atoms with Gasteiger partial charge in [-0.1, -0.05) is 319 Å². The van der Waals surface area contributed by atoms with Crippen LogP contribution >= 0.6 is 0 Å². The third kappa shape index (κ3) is 54.9. The third-order valence-corrected chi connectivity index (χ3v) is 19.5. The molecule has 0 aliphatic rings. The standard InChI is InChI=1S/C86H168O6/c1-17-21-25-29-33-43-53-63-73-86(90-83(11,12)80(70-60-50-30-26-22-18-2)87-74-64-54-44-37-34-40-47-57-67-77(5)6,91-84(13,14)81(71-61-51-31-27-23-19-3)88-75-65-55-45-38-35-41-48-58-68-78(7)8)92-85(15,16)82(72-62-52-32-28-24-20-4)89-76-66-56-46-39-36-42-49-59-69-79(9)10/h67-69,80-82H,17-66,70-76H2,1-16H3. The van der Waals surface area contributed by atoms with Crippen LogP contribution in [0.25, 0.3) is 0 Å². The van der Waals surface area contributed by atoms with Crippen molar-refractivity contribution in [2.45, 2.75) is 499 Å². The minimum atomic E-state index is -1.38. The Morgan fingerprint density at radius 1 is 0.250 bits per heavy atom. The summed E-state index contributed by atoms with van der Waals surface area (Å²) in [6, 6.07) is 0. The Morgan fingerprint density at radius 2 is 0.446 bits per heavy atom. The van der Waals surface area contributed by atoms with Gasteiger partial charge < -0.3 is 28.4 Å². The summed E-state index contributed by atoms with van der Waals surface area (Å²) in [5, 5.41) is 0. The zero-order valence-corrected chi connectivity index (χ0v) is 65.7. The van der Waals surface area contributed by atoms with Gasteiger partial charge in [0, 0.05) is 26.2 Å². The van der Waals surface area contributed by atoms with Gasteiger partial charge in [0.05, 0.1) is 35.1 Å². The predicted octanol–water partition coefficient (Wildman–Crippen LogP) is 29.2. The second-order valence-corrected chi connectivity index (χ2v) is 31.4. The molecule has 92 heavy (non-hydrogen) atoms. The van der Waals surface area contributed by atoms with Crippen molar-refractivity contribution < 1.29 is 28.4 Å². The Morgan fingerprint density at radius 3 is 0.674 bits per heavy atom. The molecule has 548 valence electrons. The van der Waals surface area contributed by atoms with Gasteiger partial charge in [0.2, 0.25) is 0 Å². The monoisotopic (exact) mass is 1300 g/mol. The third-order valence-electron chi connectivity index (χ3n) is 19.5. The summed E-state index contributed by atoms with van der Waals surface area (Å²) in [5.74, 6) is -1.38. The van der Waals surface area contributed by atoms with Crippen LogP contribution in [0, 0.1) is 0 Å². The molecule has 6 nitrogen and oxygen atoms in total. The predicted molar refractivity (Wildman–Crippen MR) is 408 cm³/mol. The number of rotatable bonds is 72. The molecule has 0 rings (SSSR count). The van der Waals surface area contributed by atoms with Gasteiger partial charge >= 0.3 is 0 Å². The fourth-order valence-electron chi connectivity index (χ4n) is 13.6. The smallest absolute Gasteiger partial charge is 0.284 e. The molecule has 0 bridgehead atoms. The lowest BCUT2D eigenvalue weighted by atomic mass is 9.93. The molecule has 0 saturated heterocycles. The van der Waals surface area contributed by atoms with Crippen LogP contribution in [0.5, 0.6) is 0 Å². The summed E-state index contributed by atoms with van der Waals surface area (Å²) in [6.07, 6.45) is 73.0. The van der Waals surface area contributed by atoms with Crippen molar-refractivity contribution in [3.8, 4) is 0 Å². The van der Waals surface area contributed by atoms with Crippen LogP contribution in [0.15, 0.2) is 34.9 Å². The molecule has 0 spiro atoms. The normalized spacial score (nSPS) is 14.0. The van der Waals surface area contributed by atoms with E-state index in [1.807, 2.05) is 0 Å². The van der Waals surface area contributed by atoms with Crippen LogP contribution < -0.4 is 0 Å². The molecule has 0 amide bonds. The molecule has 0 aromatic rings. The summed E-state index contributed by atoms with van der Waals surface area (Å²) in [7, 11) is 0. The van der Waals surface area contributed by atoms with E-state index in [1.165, 1.54) is 286 Å². The zero-order chi connectivity index (χ0) is 68.1. The molecule has 0 fully saturated rings. The summed E-state index contributed by atoms with van der Waals surface area (Å²) < 4.78 is 45.9. The van der Waals surface area contributed by atoms with Gasteiger partial charge in [-0.3, -0.25) is 0 Å². The van der Waals surface area contributed by atoms with E-state index in [0.29, 0.717) is 6.42 Å². The van der Waals surface area contributed by atoms with Gasteiger partial charge in [-0.15, -0.1) is 0 Å². The fourth-order valence-corrected chi connectivity index (χ4v) is 13.6. The van der Waals surface area contributed by atoms with Crippen molar-refractivity contribution in [2.75, 3.05) is 19.8 Å². The summed E-state index contributed by atoms with van der Waals surface area (Å²) >= 11 is 0. The van der Waals surface area contributed by atoms with Crippen LogP contribution in [0.4, 0.5) is 0 Å². The highest BCUT2D eigenvalue weighted by Gasteiger charge is 2.52. The van der Waals surface area contributed by atoms with Crippen molar-refractivity contribution in [3.05, 3.63) is 34.9 Å². The highest BCUT2D eigenvalue weighted by atomic mass is 16.9. The average Bonchev–Trinajstić information content (AvgIpc) is 0.807. The van der Waals surface area contributed by atoms with Gasteiger partial charge in [0.25, 0.3) is 5.97 Å². The number of allylic oxidation sites excluding steroid dienone is 6. The molecule has 0 radical (unpaired) electrons. The molecular weight excluding hydrogens is 1130 g/mol. The van der Waals surface area contributed by atoms with E-state index in [4.69, 9.17) is 28.4 Å². The molecule has 3 atom stereocenters. The highest BCUT2D eigenvalue weighted by Crippen LogP contribution is 2.43. The van der Waals surface area contributed by atoms with E-state index in [0.717, 1.165) is 90.4 Å². The first kappa shape index (κ1) is 91.0. The van der Waals surface area contributed by atoms with Crippen molar-refractivity contribution in [3.63, 3.8) is 0 Å². The van der Waals surface area contributed by atoms with Crippen molar-refractivity contribution in [1.82, 2.24) is 0 Å². The first-order valence-electron chi connectivity index (χ1n) is 41.2. The van der Waals surface area contributed by atoms with Gasteiger partial charge in [0.1, 0.15) is 0 Å². The fraction of sp³-hybridized carbons (Fsp3) is 0.930. The number of hydrogen-bond donors (Lipinski definition) is 0.